The second kappa shape index (κ2) is 3.14. The number of nitrogens with zero attached hydrogens (tertiary/aromatic N) is 1. The zero-order chi connectivity index (χ0) is 10.1. The lowest BCUT2D eigenvalue weighted by molar-refractivity contribution is 0.608. The van der Waals surface area contributed by atoms with Gasteiger partial charge in [0.05, 0.1) is 0 Å². The molecule has 0 unspecified atom stereocenters. The first-order valence-electron chi connectivity index (χ1n) is 4.22. The Kier molecular flexibility index (Phi) is 1.96. The van der Waals surface area contributed by atoms with Gasteiger partial charge in [-0.15, -0.1) is 0 Å². The number of aromatic nitrogens is 2. The first-order valence-corrected chi connectivity index (χ1v) is 4.22. The first kappa shape index (κ1) is 8.74. The van der Waals surface area contributed by atoms with E-state index in [1.165, 1.54) is 16.8 Å². The van der Waals surface area contributed by atoms with Crippen molar-refractivity contribution in [3.05, 3.63) is 52.2 Å². The zero-order valence-corrected chi connectivity index (χ0v) is 7.62. The topological polar surface area (TPSA) is 37.8 Å². The van der Waals surface area contributed by atoms with Crippen molar-refractivity contribution in [3.8, 4) is 5.69 Å². The molecule has 4 heteroatoms. The number of aryl methyl sites for hydroxylation is 1. The van der Waals surface area contributed by atoms with Crippen LogP contribution < -0.4 is 5.56 Å². The molecular formula is C10H9FN2O. The van der Waals surface area contributed by atoms with Crippen molar-refractivity contribution >= 4 is 0 Å². The normalized spacial score (nSPS) is 10.4. The number of rotatable bonds is 1. The molecule has 3 nitrogen and oxygen atoms in total. The smallest absolute Gasteiger partial charge is 0.271 e. The Morgan fingerprint density at radius 2 is 2.07 bits per heavy atom. The molecule has 0 spiro atoms. The minimum Gasteiger partial charge on any atom is -0.295 e. The molecule has 0 amide bonds. The SMILES string of the molecule is Cc1cc(=O)n(-c2ccccc2F)[nH]1. The quantitative estimate of drug-likeness (QED) is 0.732. The Labute approximate surface area is 79.8 Å². The van der Waals surface area contributed by atoms with Crippen LogP contribution in [0.5, 0.6) is 0 Å². The molecule has 1 aromatic carbocycles. The summed E-state index contributed by atoms with van der Waals surface area (Å²) in [6, 6.07) is 7.55. The van der Waals surface area contributed by atoms with Gasteiger partial charge in [-0.25, -0.2) is 9.07 Å². The summed E-state index contributed by atoms with van der Waals surface area (Å²) in [5.74, 6) is -0.420. The summed E-state index contributed by atoms with van der Waals surface area (Å²) in [6.07, 6.45) is 0. The number of aromatic amines is 1. The van der Waals surface area contributed by atoms with Gasteiger partial charge >= 0.3 is 0 Å². The lowest BCUT2D eigenvalue weighted by atomic mass is 10.3. The van der Waals surface area contributed by atoms with Gasteiger partial charge in [0.2, 0.25) is 0 Å². The summed E-state index contributed by atoms with van der Waals surface area (Å²) >= 11 is 0. The standard InChI is InChI=1S/C10H9FN2O/c1-7-6-10(14)13(12-7)9-5-3-2-4-8(9)11/h2-6,12H,1H3. The fourth-order valence-electron chi connectivity index (χ4n) is 1.33. The van der Waals surface area contributed by atoms with Gasteiger partial charge in [-0.1, -0.05) is 12.1 Å². The molecule has 14 heavy (non-hydrogen) atoms. The van der Waals surface area contributed by atoms with Crippen molar-refractivity contribution in [2.75, 3.05) is 0 Å². The largest absolute Gasteiger partial charge is 0.295 e. The van der Waals surface area contributed by atoms with Crippen molar-refractivity contribution in [1.29, 1.82) is 0 Å². The minimum atomic E-state index is -0.420. The van der Waals surface area contributed by atoms with E-state index >= 15 is 0 Å². The van der Waals surface area contributed by atoms with Crippen LogP contribution in [-0.4, -0.2) is 9.78 Å². The third-order valence-electron chi connectivity index (χ3n) is 1.94. The molecule has 0 aliphatic heterocycles. The maximum absolute atomic E-state index is 13.3. The number of hydrogen-bond acceptors (Lipinski definition) is 1. The van der Waals surface area contributed by atoms with Crippen molar-refractivity contribution in [2.24, 2.45) is 0 Å². The summed E-state index contributed by atoms with van der Waals surface area (Å²) < 4.78 is 14.5. The van der Waals surface area contributed by atoms with Crippen molar-refractivity contribution in [2.45, 2.75) is 6.92 Å². The summed E-state index contributed by atoms with van der Waals surface area (Å²) in [5.41, 5.74) is 0.691. The summed E-state index contributed by atoms with van der Waals surface area (Å²) in [5, 5.41) is 2.77. The molecule has 0 radical (unpaired) electrons. The maximum atomic E-state index is 13.3. The van der Waals surface area contributed by atoms with Crippen LogP contribution >= 0.6 is 0 Å². The fraction of sp³-hybridized carbons (Fsp3) is 0.100. The van der Waals surface area contributed by atoms with Gasteiger partial charge in [0.15, 0.2) is 0 Å². The van der Waals surface area contributed by atoms with Gasteiger partial charge in [-0.2, -0.15) is 0 Å². The van der Waals surface area contributed by atoms with E-state index in [9.17, 15) is 9.18 Å². The average Bonchev–Trinajstić information content (AvgIpc) is 2.46. The van der Waals surface area contributed by atoms with Gasteiger partial charge < -0.3 is 0 Å². The van der Waals surface area contributed by atoms with E-state index in [4.69, 9.17) is 0 Å². The lowest BCUT2D eigenvalue weighted by Crippen LogP contribution is -2.14. The Morgan fingerprint density at radius 1 is 1.36 bits per heavy atom. The number of para-hydroxylation sites is 1. The van der Waals surface area contributed by atoms with Gasteiger partial charge in [0.1, 0.15) is 11.5 Å². The summed E-state index contributed by atoms with van der Waals surface area (Å²) in [6.45, 7) is 1.75. The van der Waals surface area contributed by atoms with Crippen LogP contribution in [0.2, 0.25) is 0 Å². The van der Waals surface area contributed by atoms with E-state index in [1.54, 1.807) is 25.1 Å². The highest BCUT2D eigenvalue weighted by Gasteiger charge is 2.06. The van der Waals surface area contributed by atoms with E-state index in [0.29, 0.717) is 5.69 Å². The van der Waals surface area contributed by atoms with E-state index < -0.39 is 5.82 Å². The number of H-pyrrole nitrogens is 1. The molecule has 0 bridgehead atoms. The van der Waals surface area contributed by atoms with E-state index in [0.717, 1.165) is 0 Å². The Morgan fingerprint density at radius 3 is 2.64 bits per heavy atom. The highest BCUT2D eigenvalue weighted by Crippen LogP contribution is 2.09. The number of benzene rings is 1. The highest BCUT2D eigenvalue weighted by atomic mass is 19.1. The maximum Gasteiger partial charge on any atom is 0.271 e. The molecule has 0 saturated heterocycles. The predicted molar refractivity (Wildman–Crippen MR) is 51.1 cm³/mol. The van der Waals surface area contributed by atoms with E-state index in [1.807, 2.05) is 0 Å². The van der Waals surface area contributed by atoms with Gasteiger partial charge in [-0.05, 0) is 19.1 Å². The van der Waals surface area contributed by atoms with Crippen molar-refractivity contribution < 1.29 is 4.39 Å². The van der Waals surface area contributed by atoms with Crippen LogP contribution in [0, 0.1) is 12.7 Å². The molecule has 1 aromatic heterocycles. The molecule has 72 valence electrons. The Bertz CT molecular complexity index is 513. The monoisotopic (exact) mass is 192 g/mol. The van der Waals surface area contributed by atoms with Crippen LogP contribution in [0.1, 0.15) is 5.69 Å². The summed E-state index contributed by atoms with van der Waals surface area (Å²) in [7, 11) is 0. The number of halogens is 1. The van der Waals surface area contributed by atoms with E-state index in [-0.39, 0.29) is 11.2 Å². The third kappa shape index (κ3) is 1.35. The van der Waals surface area contributed by atoms with Crippen molar-refractivity contribution in [1.82, 2.24) is 9.78 Å². The van der Waals surface area contributed by atoms with Crippen LogP contribution in [-0.2, 0) is 0 Å². The highest BCUT2D eigenvalue weighted by molar-refractivity contribution is 5.32. The molecular weight excluding hydrogens is 183 g/mol. The fourth-order valence-corrected chi connectivity index (χ4v) is 1.33. The lowest BCUT2D eigenvalue weighted by Gasteiger charge is -2.01. The van der Waals surface area contributed by atoms with Crippen LogP contribution in [0.4, 0.5) is 4.39 Å². The second-order valence-electron chi connectivity index (χ2n) is 3.06. The molecule has 2 aromatic rings. The Hall–Kier alpha value is -1.84. The minimum absolute atomic E-state index is 0.241. The summed E-state index contributed by atoms with van der Waals surface area (Å²) in [4.78, 5) is 11.4. The first-order chi connectivity index (χ1) is 6.68. The molecule has 0 saturated carbocycles. The Balaban J connectivity index is 2.66. The molecule has 0 aliphatic carbocycles. The van der Waals surface area contributed by atoms with Gasteiger partial charge in [0, 0.05) is 11.8 Å². The molecule has 2 rings (SSSR count). The van der Waals surface area contributed by atoms with Crippen LogP contribution in [0.15, 0.2) is 35.1 Å². The van der Waals surface area contributed by atoms with Crippen LogP contribution in [0.3, 0.4) is 0 Å². The number of nitrogens with one attached hydrogen (secondary N) is 1. The predicted octanol–water partition coefficient (Wildman–Crippen LogP) is 1.61. The molecule has 0 aliphatic rings. The number of hydrogen-bond donors (Lipinski definition) is 1. The third-order valence-corrected chi connectivity index (χ3v) is 1.94. The van der Waals surface area contributed by atoms with E-state index in [2.05, 4.69) is 5.10 Å². The van der Waals surface area contributed by atoms with Gasteiger partial charge in [-0.3, -0.25) is 9.89 Å². The van der Waals surface area contributed by atoms with Crippen LogP contribution in [0.25, 0.3) is 5.69 Å². The molecule has 1 N–H and O–H groups in total. The van der Waals surface area contributed by atoms with Gasteiger partial charge in [0.25, 0.3) is 5.56 Å². The molecule has 0 atom stereocenters. The molecule has 0 fully saturated rings. The molecule has 1 heterocycles. The van der Waals surface area contributed by atoms with Crippen molar-refractivity contribution in [3.63, 3.8) is 0 Å². The average molecular weight is 192 g/mol. The zero-order valence-electron chi connectivity index (χ0n) is 7.62. The second-order valence-corrected chi connectivity index (χ2v) is 3.06.